The van der Waals surface area contributed by atoms with Gasteiger partial charge in [-0.05, 0) is 35.9 Å². The van der Waals surface area contributed by atoms with Gasteiger partial charge in [0.25, 0.3) is 0 Å². The highest BCUT2D eigenvalue weighted by molar-refractivity contribution is 6.42. The molecule has 1 amide bonds. The van der Waals surface area contributed by atoms with Gasteiger partial charge in [0.1, 0.15) is 17.2 Å². The molecule has 2 heterocycles. The van der Waals surface area contributed by atoms with Crippen molar-refractivity contribution in [1.29, 1.82) is 0 Å². The van der Waals surface area contributed by atoms with E-state index in [2.05, 4.69) is 10.00 Å². The standard InChI is InChI=1S/C23H22Cl2N4O3/c1-16(30)22-7-8-29(26-22)23(31)28-11-9-27(10-12-28)15-17-3-2-4-18(13-17)32-19-5-6-20(24)21(25)14-19/h2-8,13-14H,9-12,15H2,1H3. The number of rotatable bonds is 5. The zero-order chi connectivity index (χ0) is 22.7. The van der Waals surface area contributed by atoms with Gasteiger partial charge in [0.05, 0.1) is 10.0 Å². The average molecular weight is 473 g/mol. The fourth-order valence-electron chi connectivity index (χ4n) is 3.50. The van der Waals surface area contributed by atoms with Crippen LogP contribution < -0.4 is 4.74 Å². The molecule has 1 aliphatic heterocycles. The summed E-state index contributed by atoms with van der Waals surface area (Å²) in [7, 11) is 0. The number of carbonyl (C=O) groups is 2. The second kappa shape index (κ2) is 9.73. The molecular formula is C23H22Cl2N4O3. The molecule has 1 aromatic heterocycles. The molecule has 1 fully saturated rings. The van der Waals surface area contributed by atoms with Gasteiger partial charge in [0.2, 0.25) is 0 Å². The fraction of sp³-hybridized carbons (Fsp3) is 0.261. The average Bonchev–Trinajstić information content (AvgIpc) is 3.27. The van der Waals surface area contributed by atoms with Crippen LogP contribution in [0.5, 0.6) is 11.5 Å². The maximum absolute atomic E-state index is 12.6. The first kappa shape index (κ1) is 22.3. The van der Waals surface area contributed by atoms with E-state index in [0.29, 0.717) is 34.6 Å². The summed E-state index contributed by atoms with van der Waals surface area (Å²) in [5.41, 5.74) is 1.40. The summed E-state index contributed by atoms with van der Waals surface area (Å²) in [6.45, 7) is 4.84. The van der Waals surface area contributed by atoms with Crippen LogP contribution in [0.25, 0.3) is 0 Å². The Bertz CT molecular complexity index is 1140. The van der Waals surface area contributed by atoms with Crippen LogP contribution in [-0.4, -0.2) is 57.6 Å². The number of piperazine rings is 1. The number of ketones is 1. The molecule has 0 N–H and O–H groups in total. The molecule has 0 unspecified atom stereocenters. The number of amides is 1. The number of Topliss-reactive ketones (excluding diaryl/α,β-unsaturated/α-hetero) is 1. The first-order valence-electron chi connectivity index (χ1n) is 10.2. The molecule has 166 valence electrons. The van der Waals surface area contributed by atoms with Gasteiger partial charge in [-0.1, -0.05) is 35.3 Å². The molecule has 9 heteroatoms. The van der Waals surface area contributed by atoms with Gasteiger partial charge in [-0.2, -0.15) is 9.78 Å². The fourth-order valence-corrected chi connectivity index (χ4v) is 3.79. The van der Waals surface area contributed by atoms with E-state index in [1.54, 1.807) is 29.2 Å². The smallest absolute Gasteiger partial charge is 0.344 e. The Labute approximate surface area is 196 Å². The van der Waals surface area contributed by atoms with Crippen LogP contribution in [0.3, 0.4) is 0 Å². The predicted molar refractivity (Wildman–Crippen MR) is 123 cm³/mol. The van der Waals surface area contributed by atoms with E-state index in [-0.39, 0.29) is 11.8 Å². The molecule has 7 nitrogen and oxygen atoms in total. The van der Waals surface area contributed by atoms with Gasteiger partial charge < -0.3 is 9.64 Å². The summed E-state index contributed by atoms with van der Waals surface area (Å²) in [6, 6.07) is 14.4. The van der Waals surface area contributed by atoms with Crippen LogP contribution in [0.2, 0.25) is 10.0 Å². The number of nitrogens with zero attached hydrogens (tertiary/aromatic N) is 4. The highest BCUT2D eigenvalue weighted by Crippen LogP contribution is 2.29. The van der Waals surface area contributed by atoms with Gasteiger partial charge in [-0.25, -0.2) is 4.79 Å². The summed E-state index contributed by atoms with van der Waals surface area (Å²) in [5, 5.41) is 4.99. The molecule has 32 heavy (non-hydrogen) atoms. The molecule has 2 aromatic carbocycles. The van der Waals surface area contributed by atoms with Gasteiger partial charge in [0, 0.05) is 51.9 Å². The second-order valence-corrected chi connectivity index (χ2v) is 8.39. The van der Waals surface area contributed by atoms with Crippen LogP contribution in [0, 0.1) is 0 Å². The molecule has 0 aliphatic carbocycles. The lowest BCUT2D eigenvalue weighted by Gasteiger charge is -2.34. The van der Waals surface area contributed by atoms with Crippen molar-refractivity contribution < 1.29 is 14.3 Å². The number of ether oxygens (including phenoxy) is 1. The molecule has 3 aromatic rings. The molecule has 0 radical (unpaired) electrons. The van der Waals surface area contributed by atoms with Crippen LogP contribution in [0.15, 0.2) is 54.7 Å². The van der Waals surface area contributed by atoms with Crippen molar-refractivity contribution in [3.63, 3.8) is 0 Å². The Morgan fingerprint density at radius 1 is 0.969 bits per heavy atom. The van der Waals surface area contributed by atoms with Gasteiger partial charge in [-0.15, -0.1) is 0 Å². The van der Waals surface area contributed by atoms with E-state index in [9.17, 15) is 9.59 Å². The normalized spacial score (nSPS) is 14.4. The topological polar surface area (TPSA) is 67.7 Å². The number of hydrogen-bond acceptors (Lipinski definition) is 5. The molecule has 0 atom stereocenters. The third kappa shape index (κ3) is 5.30. The minimum Gasteiger partial charge on any atom is -0.457 e. The Morgan fingerprint density at radius 3 is 2.41 bits per heavy atom. The third-order valence-corrected chi connectivity index (χ3v) is 5.96. The molecule has 0 saturated carbocycles. The minimum atomic E-state index is -0.214. The molecule has 1 saturated heterocycles. The zero-order valence-electron chi connectivity index (χ0n) is 17.5. The molecule has 1 aliphatic rings. The third-order valence-electron chi connectivity index (χ3n) is 5.22. The van der Waals surface area contributed by atoms with Gasteiger partial charge in [0.15, 0.2) is 5.78 Å². The number of halogens is 2. The van der Waals surface area contributed by atoms with Crippen molar-refractivity contribution in [1.82, 2.24) is 19.6 Å². The van der Waals surface area contributed by atoms with E-state index >= 15 is 0 Å². The van der Waals surface area contributed by atoms with Crippen LogP contribution in [-0.2, 0) is 6.54 Å². The SMILES string of the molecule is CC(=O)c1ccn(C(=O)N2CCN(Cc3cccc(Oc4ccc(Cl)c(Cl)c4)c3)CC2)n1. The van der Waals surface area contributed by atoms with Crippen LogP contribution in [0.4, 0.5) is 4.79 Å². The summed E-state index contributed by atoms with van der Waals surface area (Å²) in [5.74, 6) is 1.18. The predicted octanol–water partition coefficient (Wildman–Crippen LogP) is 4.97. The first-order valence-corrected chi connectivity index (χ1v) is 10.9. The van der Waals surface area contributed by atoms with E-state index in [4.69, 9.17) is 27.9 Å². The zero-order valence-corrected chi connectivity index (χ0v) is 19.0. The Hall–Kier alpha value is -2.87. The van der Waals surface area contributed by atoms with Crippen LogP contribution in [0.1, 0.15) is 23.0 Å². The number of hydrogen-bond donors (Lipinski definition) is 0. The molecule has 0 spiro atoms. The Balaban J connectivity index is 1.33. The highest BCUT2D eigenvalue weighted by atomic mass is 35.5. The Morgan fingerprint density at radius 2 is 1.72 bits per heavy atom. The number of carbonyl (C=O) groups excluding carboxylic acids is 2. The molecular weight excluding hydrogens is 451 g/mol. The largest absolute Gasteiger partial charge is 0.457 e. The molecule has 0 bridgehead atoms. The van der Waals surface area contributed by atoms with Crippen molar-refractivity contribution >= 4 is 35.0 Å². The number of aromatic nitrogens is 2. The maximum atomic E-state index is 12.6. The Kier molecular flexibility index (Phi) is 6.79. The van der Waals surface area contributed by atoms with Crippen molar-refractivity contribution in [2.24, 2.45) is 0 Å². The summed E-state index contributed by atoms with van der Waals surface area (Å²) in [6.07, 6.45) is 1.53. The maximum Gasteiger partial charge on any atom is 0.344 e. The summed E-state index contributed by atoms with van der Waals surface area (Å²) >= 11 is 12.0. The minimum absolute atomic E-state index is 0.160. The number of benzene rings is 2. The van der Waals surface area contributed by atoms with Gasteiger partial charge in [-0.3, -0.25) is 9.69 Å². The van der Waals surface area contributed by atoms with E-state index < -0.39 is 0 Å². The van der Waals surface area contributed by atoms with Crippen molar-refractivity contribution in [3.05, 3.63) is 76.0 Å². The second-order valence-electron chi connectivity index (χ2n) is 7.57. The lowest BCUT2D eigenvalue weighted by molar-refractivity contribution is 0.101. The lowest BCUT2D eigenvalue weighted by atomic mass is 10.2. The lowest BCUT2D eigenvalue weighted by Crippen LogP contribution is -2.49. The molecule has 4 rings (SSSR count). The van der Waals surface area contributed by atoms with E-state index in [1.807, 2.05) is 24.3 Å². The van der Waals surface area contributed by atoms with Crippen molar-refractivity contribution in [2.45, 2.75) is 13.5 Å². The monoisotopic (exact) mass is 472 g/mol. The van der Waals surface area contributed by atoms with Gasteiger partial charge >= 0.3 is 6.03 Å². The first-order chi connectivity index (χ1) is 15.4. The van der Waals surface area contributed by atoms with Crippen molar-refractivity contribution in [2.75, 3.05) is 26.2 Å². The highest BCUT2D eigenvalue weighted by Gasteiger charge is 2.23. The summed E-state index contributed by atoms with van der Waals surface area (Å²) in [4.78, 5) is 28.1. The van der Waals surface area contributed by atoms with Crippen LogP contribution >= 0.6 is 23.2 Å². The summed E-state index contributed by atoms with van der Waals surface area (Å²) < 4.78 is 7.14. The van der Waals surface area contributed by atoms with Crippen molar-refractivity contribution in [3.8, 4) is 11.5 Å². The van der Waals surface area contributed by atoms with E-state index in [0.717, 1.165) is 30.9 Å². The quantitative estimate of drug-likeness (QED) is 0.490. The van der Waals surface area contributed by atoms with E-state index in [1.165, 1.54) is 17.8 Å².